The fourth-order valence-corrected chi connectivity index (χ4v) is 4.72. The molecule has 0 spiro atoms. The van der Waals surface area contributed by atoms with Crippen molar-refractivity contribution in [1.29, 1.82) is 0 Å². The number of nitro groups is 1. The molecule has 174 valence electrons. The van der Waals surface area contributed by atoms with E-state index in [0.29, 0.717) is 11.7 Å². The van der Waals surface area contributed by atoms with Crippen LogP contribution in [0.3, 0.4) is 0 Å². The van der Waals surface area contributed by atoms with Gasteiger partial charge in [-0.1, -0.05) is 42.5 Å². The van der Waals surface area contributed by atoms with E-state index in [2.05, 4.69) is 15.6 Å². The second kappa shape index (κ2) is 10.0. The molecule has 1 unspecified atom stereocenters. The van der Waals surface area contributed by atoms with Gasteiger partial charge in [0.1, 0.15) is 17.4 Å². The molecule has 7 nitrogen and oxygen atoms in total. The molecule has 1 aliphatic rings. The van der Waals surface area contributed by atoms with Crippen molar-refractivity contribution in [2.45, 2.75) is 12.6 Å². The summed E-state index contributed by atoms with van der Waals surface area (Å²) in [5.41, 5.74) is 4.67. The molecule has 0 saturated carbocycles. The molecular weight excluding hydrogens is 480 g/mol. The second-order valence-electron chi connectivity index (χ2n) is 7.83. The van der Waals surface area contributed by atoms with Crippen LogP contribution in [0.25, 0.3) is 16.3 Å². The highest BCUT2D eigenvalue weighted by Crippen LogP contribution is 2.27. The van der Waals surface area contributed by atoms with Gasteiger partial charge in [0.15, 0.2) is 5.11 Å². The third-order valence-corrected chi connectivity index (χ3v) is 6.62. The van der Waals surface area contributed by atoms with E-state index in [1.54, 1.807) is 23.5 Å². The molecule has 4 aromatic rings. The molecule has 35 heavy (non-hydrogen) atoms. The number of ether oxygens (including phenoxy) is 1. The SMILES string of the molecule is O=[N+]([O-])c1ccc(C2=CC(c3ccc(OCc4csc(-c5ccccc5)n4)cc3)NC(=S)N2)cc1. The van der Waals surface area contributed by atoms with Crippen LogP contribution in [0.1, 0.15) is 22.9 Å². The minimum Gasteiger partial charge on any atom is -0.487 e. The summed E-state index contributed by atoms with van der Waals surface area (Å²) in [6.45, 7) is 0.391. The number of nitrogens with zero attached hydrogens (tertiary/aromatic N) is 2. The fourth-order valence-electron chi connectivity index (χ4n) is 3.68. The summed E-state index contributed by atoms with van der Waals surface area (Å²) >= 11 is 6.99. The zero-order chi connectivity index (χ0) is 24.2. The lowest BCUT2D eigenvalue weighted by molar-refractivity contribution is -0.384. The largest absolute Gasteiger partial charge is 0.487 e. The van der Waals surface area contributed by atoms with Crippen LogP contribution in [0.2, 0.25) is 0 Å². The van der Waals surface area contributed by atoms with Crippen LogP contribution < -0.4 is 15.4 Å². The number of nitrogens with one attached hydrogen (secondary N) is 2. The Labute approximate surface area is 211 Å². The van der Waals surface area contributed by atoms with Crippen molar-refractivity contribution in [1.82, 2.24) is 15.6 Å². The summed E-state index contributed by atoms with van der Waals surface area (Å²) in [6.07, 6.45) is 2.01. The first-order valence-electron chi connectivity index (χ1n) is 10.8. The normalized spacial score (nSPS) is 15.0. The van der Waals surface area contributed by atoms with Crippen molar-refractivity contribution in [3.63, 3.8) is 0 Å². The number of hydrogen-bond acceptors (Lipinski definition) is 6. The number of thiocarbonyl (C=S) groups is 1. The third-order valence-electron chi connectivity index (χ3n) is 5.46. The Morgan fingerprint density at radius 1 is 1.00 bits per heavy atom. The van der Waals surface area contributed by atoms with Gasteiger partial charge in [-0.2, -0.15) is 0 Å². The predicted octanol–water partition coefficient (Wildman–Crippen LogP) is 5.86. The van der Waals surface area contributed by atoms with Crippen LogP contribution in [-0.4, -0.2) is 15.0 Å². The van der Waals surface area contributed by atoms with Gasteiger partial charge in [-0.15, -0.1) is 11.3 Å². The van der Waals surface area contributed by atoms with Gasteiger partial charge in [0.25, 0.3) is 5.69 Å². The van der Waals surface area contributed by atoms with Crippen LogP contribution in [-0.2, 0) is 6.61 Å². The highest BCUT2D eigenvalue weighted by atomic mass is 32.1. The maximum Gasteiger partial charge on any atom is 0.269 e. The average molecular weight is 501 g/mol. The van der Waals surface area contributed by atoms with Crippen LogP contribution in [0.4, 0.5) is 5.69 Å². The van der Waals surface area contributed by atoms with Gasteiger partial charge in [-0.25, -0.2) is 4.98 Å². The van der Waals surface area contributed by atoms with Gasteiger partial charge in [-0.05, 0) is 53.7 Å². The van der Waals surface area contributed by atoms with Crippen LogP contribution in [0.15, 0.2) is 90.3 Å². The highest BCUT2D eigenvalue weighted by molar-refractivity contribution is 7.80. The van der Waals surface area contributed by atoms with Gasteiger partial charge >= 0.3 is 0 Å². The predicted molar refractivity (Wildman–Crippen MR) is 141 cm³/mol. The maximum absolute atomic E-state index is 10.9. The molecule has 1 atom stereocenters. The van der Waals surface area contributed by atoms with Crippen molar-refractivity contribution >= 4 is 40.1 Å². The fraction of sp³-hybridized carbons (Fsp3) is 0.0769. The number of rotatable bonds is 7. The topological polar surface area (TPSA) is 89.3 Å². The van der Waals surface area contributed by atoms with Crippen molar-refractivity contribution in [3.8, 4) is 16.3 Å². The molecule has 3 aromatic carbocycles. The Kier molecular flexibility index (Phi) is 6.51. The minimum absolute atomic E-state index is 0.0481. The summed E-state index contributed by atoms with van der Waals surface area (Å²) in [6, 6.07) is 24.1. The Morgan fingerprint density at radius 3 is 2.46 bits per heavy atom. The summed E-state index contributed by atoms with van der Waals surface area (Å²) in [5, 5.41) is 20.8. The quantitative estimate of drug-likeness (QED) is 0.187. The van der Waals surface area contributed by atoms with E-state index < -0.39 is 4.92 Å². The Balaban J connectivity index is 1.25. The number of non-ortho nitro benzene ring substituents is 1. The van der Waals surface area contributed by atoms with E-state index >= 15 is 0 Å². The number of nitro benzene ring substituents is 1. The maximum atomic E-state index is 10.9. The monoisotopic (exact) mass is 500 g/mol. The standard InChI is InChI=1S/C26H20N4O3S2/c31-30(32)21-10-6-17(7-11-21)23-14-24(29-26(34)28-23)18-8-12-22(13-9-18)33-15-20-16-35-25(27-20)19-4-2-1-3-5-19/h1-14,16,24H,15H2,(H2,28,29,34). The lowest BCUT2D eigenvalue weighted by atomic mass is 10.0. The lowest BCUT2D eigenvalue weighted by Gasteiger charge is -2.26. The smallest absolute Gasteiger partial charge is 0.269 e. The van der Waals surface area contributed by atoms with Crippen LogP contribution in [0, 0.1) is 10.1 Å². The molecule has 0 radical (unpaired) electrons. The van der Waals surface area contributed by atoms with E-state index in [0.717, 1.165) is 38.8 Å². The van der Waals surface area contributed by atoms with Crippen molar-refractivity contribution in [2.24, 2.45) is 0 Å². The summed E-state index contributed by atoms with van der Waals surface area (Å²) in [4.78, 5) is 15.2. The first-order chi connectivity index (χ1) is 17.0. The molecular formula is C26H20N4O3S2. The molecule has 0 saturated heterocycles. The molecule has 1 aliphatic heterocycles. The Bertz CT molecular complexity index is 1380. The molecule has 2 N–H and O–H groups in total. The van der Waals surface area contributed by atoms with E-state index in [-0.39, 0.29) is 11.7 Å². The molecule has 0 aliphatic carbocycles. The van der Waals surface area contributed by atoms with Crippen LogP contribution >= 0.6 is 23.6 Å². The number of aromatic nitrogens is 1. The summed E-state index contributed by atoms with van der Waals surface area (Å²) in [7, 11) is 0. The number of benzene rings is 3. The molecule has 0 bridgehead atoms. The zero-order valence-electron chi connectivity index (χ0n) is 18.4. The van der Waals surface area contributed by atoms with Gasteiger partial charge < -0.3 is 15.4 Å². The molecule has 1 aromatic heterocycles. The van der Waals surface area contributed by atoms with Crippen LogP contribution in [0.5, 0.6) is 5.75 Å². The summed E-state index contributed by atoms with van der Waals surface area (Å²) in [5.74, 6) is 0.749. The second-order valence-corrected chi connectivity index (χ2v) is 9.09. The summed E-state index contributed by atoms with van der Waals surface area (Å²) < 4.78 is 5.94. The van der Waals surface area contributed by atoms with E-state index in [9.17, 15) is 10.1 Å². The number of hydrogen-bond donors (Lipinski definition) is 2. The van der Waals surface area contributed by atoms with Crippen molar-refractivity contribution in [3.05, 3.63) is 117 Å². The minimum atomic E-state index is -0.415. The Hall–Kier alpha value is -4.08. The van der Waals surface area contributed by atoms with Gasteiger partial charge in [0.2, 0.25) is 0 Å². The van der Waals surface area contributed by atoms with Gasteiger partial charge in [0, 0.05) is 28.8 Å². The van der Waals surface area contributed by atoms with Crippen molar-refractivity contribution < 1.29 is 9.66 Å². The average Bonchev–Trinajstić information content (AvgIpc) is 3.37. The van der Waals surface area contributed by atoms with Gasteiger partial charge in [0.05, 0.1) is 16.7 Å². The molecule has 0 amide bonds. The van der Waals surface area contributed by atoms with E-state index in [1.807, 2.05) is 66.1 Å². The number of thiazole rings is 1. The first-order valence-corrected chi connectivity index (χ1v) is 12.1. The first kappa shape index (κ1) is 22.7. The molecule has 5 rings (SSSR count). The molecule has 2 heterocycles. The van der Waals surface area contributed by atoms with Crippen molar-refractivity contribution in [2.75, 3.05) is 0 Å². The van der Waals surface area contributed by atoms with E-state index in [1.165, 1.54) is 12.1 Å². The zero-order valence-corrected chi connectivity index (χ0v) is 20.0. The molecule has 0 fully saturated rings. The highest BCUT2D eigenvalue weighted by Gasteiger charge is 2.19. The third kappa shape index (κ3) is 5.37. The van der Waals surface area contributed by atoms with E-state index in [4.69, 9.17) is 17.0 Å². The molecule has 9 heteroatoms. The Morgan fingerprint density at radius 2 is 1.74 bits per heavy atom. The van der Waals surface area contributed by atoms with Gasteiger partial charge in [-0.3, -0.25) is 10.1 Å². The lowest BCUT2D eigenvalue weighted by Crippen LogP contribution is -2.40.